The summed E-state index contributed by atoms with van der Waals surface area (Å²) in [5.41, 5.74) is 9.40. The summed E-state index contributed by atoms with van der Waals surface area (Å²) in [6.45, 7) is 3.74. The Bertz CT molecular complexity index is 578. The summed E-state index contributed by atoms with van der Waals surface area (Å²) in [6, 6.07) is 16.8. The SMILES string of the molecule is CC(N)c1ccc(N2CCCOc3ccccc32)cc1. The van der Waals surface area contributed by atoms with Crippen LogP contribution in [0.15, 0.2) is 48.5 Å². The number of fused-ring (bicyclic) bond motifs is 1. The van der Waals surface area contributed by atoms with E-state index in [1.54, 1.807) is 0 Å². The Morgan fingerprint density at radius 3 is 2.60 bits per heavy atom. The first kappa shape index (κ1) is 13.0. The number of ether oxygens (including phenoxy) is 1. The third kappa shape index (κ3) is 2.49. The average Bonchev–Trinajstić information content (AvgIpc) is 2.69. The van der Waals surface area contributed by atoms with E-state index in [9.17, 15) is 0 Å². The van der Waals surface area contributed by atoms with Gasteiger partial charge in [-0.3, -0.25) is 0 Å². The lowest BCUT2D eigenvalue weighted by Crippen LogP contribution is -2.17. The van der Waals surface area contributed by atoms with Gasteiger partial charge in [0.15, 0.2) is 0 Å². The van der Waals surface area contributed by atoms with Crippen molar-refractivity contribution in [3.63, 3.8) is 0 Å². The van der Waals surface area contributed by atoms with Gasteiger partial charge in [0.2, 0.25) is 0 Å². The second-order valence-electron chi connectivity index (χ2n) is 5.20. The van der Waals surface area contributed by atoms with E-state index < -0.39 is 0 Å². The van der Waals surface area contributed by atoms with E-state index in [-0.39, 0.29) is 6.04 Å². The highest BCUT2D eigenvalue weighted by atomic mass is 16.5. The van der Waals surface area contributed by atoms with Crippen LogP contribution < -0.4 is 15.4 Å². The molecule has 0 aliphatic carbocycles. The van der Waals surface area contributed by atoms with Gasteiger partial charge < -0.3 is 15.4 Å². The molecular formula is C17H20N2O. The maximum Gasteiger partial charge on any atom is 0.142 e. The fourth-order valence-corrected chi connectivity index (χ4v) is 2.55. The lowest BCUT2D eigenvalue weighted by Gasteiger charge is -2.24. The van der Waals surface area contributed by atoms with Crippen molar-refractivity contribution in [2.24, 2.45) is 5.73 Å². The summed E-state index contributed by atoms with van der Waals surface area (Å²) in [4.78, 5) is 2.31. The third-order valence-corrected chi connectivity index (χ3v) is 3.67. The Balaban J connectivity index is 1.97. The summed E-state index contributed by atoms with van der Waals surface area (Å²) in [5, 5.41) is 0. The lowest BCUT2D eigenvalue weighted by atomic mass is 10.1. The lowest BCUT2D eigenvalue weighted by molar-refractivity contribution is 0.322. The highest BCUT2D eigenvalue weighted by molar-refractivity contribution is 5.69. The molecule has 0 aromatic heterocycles. The molecule has 1 unspecified atom stereocenters. The number of hydrogen-bond acceptors (Lipinski definition) is 3. The second kappa shape index (κ2) is 5.55. The zero-order chi connectivity index (χ0) is 13.9. The van der Waals surface area contributed by atoms with Crippen LogP contribution >= 0.6 is 0 Å². The molecule has 0 amide bonds. The number of anilines is 2. The van der Waals surface area contributed by atoms with E-state index in [1.165, 1.54) is 5.69 Å². The van der Waals surface area contributed by atoms with Crippen LogP contribution in [0.4, 0.5) is 11.4 Å². The molecule has 2 aromatic rings. The molecule has 0 fully saturated rings. The van der Waals surface area contributed by atoms with Crippen molar-refractivity contribution in [3.05, 3.63) is 54.1 Å². The zero-order valence-electron chi connectivity index (χ0n) is 11.8. The first-order valence-corrected chi connectivity index (χ1v) is 7.10. The first-order valence-electron chi connectivity index (χ1n) is 7.10. The van der Waals surface area contributed by atoms with Crippen LogP contribution in [0.25, 0.3) is 0 Å². The van der Waals surface area contributed by atoms with Gasteiger partial charge >= 0.3 is 0 Å². The van der Waals surface area contributed by atoms with Gasteiger partial charge in [-0.15, -0.1) is 0 Å². The standard InChI is InChI=1S/C17H20N2O/c1-13(18)14-7-9-15(10-8-14)19-11-4-12-20-17-6-3-2-5-16(17)19/h2-3,5-10,13H,4,11-12,18H2,1H3. The van der Waals surface area contributed by atoms with Gasteiger partial charge in [0.05, 0.1) is 12.3 Å². The molecule has 3 heteroatoms. The fraction of sp³-hybridized carbons (Fsp3) is 0.294. The number of rotatable bonds is 2. The van der Waals surface area contributed by atoms with Crippen LogP contribution in [0.2, 0.25) is 0 Å². The van der Waals surface area contributed by atoms with E-state index in [1.807, 2.05) is 19.1 Å². The molecule has 1 heterocycles. The topological polar surface area (TPSA) is 38.5 Å². The molecular weight excluding hydrogens is 248 g/mol. The Morgan fingerprint density at radius 2 is 1.85 bits per heavy atom. The molecule has 2 aromatic carbocycles. The van der Waals surface area contributed by atoms with E-state index in [0.717, 1.165) is 36.6 Å². The van der Waals surface area contributed by atoms with Gasteiger partial charge in [-0.1, -0.05) is 24.3 Å². The van der Waals surface area contributed by atoms with Crippen molar-refractivity contribution < 1.29 is 4.74 Å². The predicted octanol–water partition coefficient (Wildman–Crippen LogP) is 3.63. The van der Waals surface area contributed by atoms with Crippen LogP contribution in [0, 0.1) is 0 Å². The third-order valence-electron chi connectivity index (χ3n) is 3.67. The molecule has 104 valence electrons. The molecule has 1 aliphatic heterocycles. The largest absolute Gasteiger partial charge is 0.491 e. The molecule has 3 rings (SSSR count). The molecule has 1 atom stereocenters. The van der Waals surface area contributed by atoms with Gasteiger partial charge in [0, 0.05) is 18.3 Å². The van der Waals surface area contributed by atoms with Crippen LogP contribution in [-0.4, -0.2) is 13.2 Å². The molecule has 3 nitrogen and oxygen atoms in total. The minimum atomic E-state index is 0.0730. The van der Waals surface area contributed by atoms with Gasteiger partial charge in [-0.25, -0.2) is 0 Å². The molecule has 0 radical (unpaired) electrons. The summed E-state index contributed by atoms with van der Waals surface area (Å²) < 4.78 is 5.80. The molecule has 0 bridgehead atoms. The monoisotopic (exact) mass is 268 g/mol. The van der Waals surface area contributed by atoms with Crippen molar-refractivity contribution in [3.8, 4) is 5.75 Å². The Hall–Kier alpha value is -2.00. The van der Waals surface area contributed by atoms with Crippen molar-refractivity contribution in [2.45, 2.75) is 19.4 Å². The summed E-state index contributed by atoms with van der Waals surface area (Å²) in [5.74, 6) is 0.960. The van der Waals surface area contributed by atoms with Crippen LogP contribution in [0.5, 0.6) is 5.75 Å². The Kier molecular flexibility index (Phi) is 3.61. The minimum absolute atomic E-state index is 0.0730. The molecule has 2 N–H and O–H groups in total. The van der Waals surface area contributed by atoms with E-state index in [2.05, 4.69) is 41.3 Å². The Labute approximate surface area is 120 Å². The second-order valence-corrected chi connectivity index (χ2v) is 5.20. The maximum atomic E-state index is 5.91. The van der Waals surface area contributed by atoms with Crippen LogP contribution in [0.3, 0.4) is 0 Å². The smallest absolute Gasteiger partial charge is 0.142 e. The molecule has 1 aliphatic rings. The average molecular weight is 268 g/mol. The van der Waals surface area contributed by atoms with Gasteiger partial charge in [-0.05, 0) is 43.2 Å². The highest BCUT2D eigenvalue weighted by Gasteiger charge is 2.17. The van der Waals surface area contributed by atoms with E-state index in [0.29, 0.717) is 0 Å². The first-order chi connectivity index (χ1) is 9.75. The molecule has 20 heavy (non-hydrogen) atoms. The van der Waals surface area contributed by atoms with E-state index in [4.69, 9.17) is 10.5 Å². The highest BCUT2D eigenvalue weighted by Crippen LogP contribution is 2.35. The fourth-order valence-electron chi connectivity index (χ4n) is 2.55. The van der Waals surface area contributed by atoms with Crippen molar-refractivity contribution in [1.82, 2.24) is 0 Å². The molecule has 0 saturated heterocycles. The van der Waals surface area contributed by atoms with Crippen molar-refractivity contribution >= 4 is 11.4 Å². The van der Waals surface area contributed by atoms with Gasteiger partial charge in [0.1, 0.15) is 5.75 Å². The maximum absolute atomic E-state index is 5.91. The summed E-state index contributed by atoms with van der Waals surface area (Å²) in [6.07, 6.45) is 1.02. The number of benzene rings is 2. The minimum Gasteiger partial charge on any atom is -0.491 e. The predicted molar refractivity (Wildman–Crippen MR) is 82.6 cm³/mol. The Morgan fingerprint density at radius 1 is 1.10 bits per heavy atom. The number of para-hydroxylation sites is 2. The zero-order valence-corrected chi connectivity index (χ0v) is 11.8. The number of nitrogens with two attached hydrogens (primary N) is 1. The van der Waals surface area contributed by atoms with Crippen molar-refractivity contribution in [1.29, 1.82) is 0 Å². The van der Waals surface area contributed by atoms with Crippen molar-refractivity contribution in [2.75, 3.05) is 18.1 Å². The number of nitrogens with zero attached hydrogens (tertiary/aromatic N) is 1. The molecule has 0 saturated carbocycles. The quantitative estimate of drug-likeness (QED) is 0.904. The van der Waals surface area contributed by atoms with E-state index >= 15 is 0 Å². The van der Waals surface area contributed by atoms with Gasteiger partial charge in [0.25, 0.3) is 0 Å². The number of hydrogen-bond donors (Lipinski definition) is 1. The normalized spacial score (nSPS) is 16.0. The summed E-state index contributed by atoms with van der Waals surface area (Å²) in [7, 11) is 0. The summed E-state index contributed by atoms with van der Waals surface area (Å²) >= 11 is 0. The molecule has 0 spiro atoms. The van der Waals surface area contributed by atoms with Crippen LogP contribution in [0.1, 0.15) is 24.9 Å². The van der Waals surface area contributed by atoms with Crippen LogP contribution in [-0.2, 0) is 0 Å². The van der Waals surface area contributed by atoms with Gasteiger partial charge in [-0.2, -0.15) is 0 Å².